The van der Waals surface area contributed by atoms with Crippen molar-refractivity contribution in [2.75, 3.05) is 25.6 Å². The smallest absolute Gasteiger partial charge is 0.130 e. The van der Waals surface area contributed by atoms with E-state index in [0.29, 0.717) is 12.4 Å². The number of rotatable bonds is 15. The average molecular weight is 575 g/mol. The minimum atomic E-state index is -0.695. The Morgan fingerprint density at radius 3 is 2.25 bits per heavy atom. The van der Waals surface area contributed by atoms with E-state index in [0.717, 1.165) is 65.4 Å². The molecule has 0 spiro atoms. The zero-order valence-electron chi connectivity index (χ0n) is 24.9. The predicted octanol–water partition coefficient (Wildman–Crippen LogP) is 9.07. The van der Waals surface area contributed by atoms with Gasteiger partial charge in [-0.05, 0) is 66.9 Å². The molecular weight excluding hydrogens is 529 g/mol. The first-order chi connectivity index (χ1) is 19.3. The molecule has 0 saturated heterocycles. The first-order valence-electron chi connectivity index (χ1n) is 13.8. The Bertz CT molecular complexity index is 1130. The Morgan fingerprint density at radius 1 is 1.02 bits per heavy atom. The zero-order valence-corrected chi connectivity index (χ0v) is 26.0. The van der Waals surface area contributed by atoms with Gasteiger partial charge in [0.2, 0.25) is 0 Å². The second-order valence-electron chi connectivity index (χ2n) is 8.58. The predicted molar refractivity (Wildman–Crippen MR) is 166 cm³/mol. The van der Waals surface area contributed by atoms with Gasteiger partial charge in [0, 0.05) is 37.2 Å². The van der Waals surface area contributed by atoms with E-state index in [9.17, 15) is 8.78 Å². The quantitative estimate of drug-likeness (QED) is 0.131. The highest BCUT2D eigenvalue weighted by Gasteiger charge is 2.10. The van der Waals surface area contributed by atoms with Crippen molar-refractivity contribution in [3.8, 4) is 5.75 Å². The summed E-state index contributed by atoms with van der Waals surface area (Å²) in [5.41, 5.74) is 2.98. The molecule has 1 aromatic heterocycles. The number of hydrogen-bond donors (Lipinski definition) is 1. The van der Waals surface area contributed by atoms with Gasteiger partial charge in [-0.15, -0.1) is 9.24 Å². The number of ether oxygens (including phenoxy) is 3. The third kappa shape index (κ3) is 12.9. The van der Waals surface area contributed by atoms with E-state index in [1.807, 2.05) is 45.2 Å². The second-order valence-corrected chi connectivity index (χ2v) is 9.20. The summed E-state index contributed by atoms with van der Waals surface area (Å²) in [6, 6.07) is 7.08. The highest BCUT2D eigenvalue weighted by Crippen LogP contribution is 2.25. The Kier molecular flexibility index (Phi) is 17.5. The maximum Gasteiger partial charge on any atom is 0.130 e. The molecule has 40 heavy (non-hydrogen) atoms. The number of anilines is 1. The Balaban J connectivity index is 0.00000391. The fourth-order valence-electron chi connectivity index (χ4n) is 3.60. The second kappa shape index (κ2) is 19.9. The van der Waals surface area contributed by atoms with Gasteiger partial charge in [-0.3, -0.25) is 0 Å². The molecular formula is C32H45F2N2O3P. The molecule has 0 aliphatic carbocycles. The van der Waals surface area contributed by atoms with Gasteiger partial charge in [0.25, 0.3) is 0 Å². The molecule has 220 valence electrons. The number of nitrogens with one attached hydrogen (secondary N) is 1. The molecule has 5 nitrogen and oxygen atoms in total. The van der Waals surface area contributed by atoms with E-state index in [1.165, 1.54) is 0 Å². The lowest BCUT2D eigenvalue weighted by Gasteiger charge is -2.18. The number of hydrogen-bond acceptors (Lipinski definition) is 5. The molecule has 0 saturated carbocycles. The summed E-state index contributed by atoms with van der Waals surface area (Å²) in [5.74, 6) is 0.0119. The van der Waals surface area contributed by atoms with Crippen LogP contribution >= 0.6 is 9.24 Å². The number of nitrogens with zero attached hydrogens (tertiary/aromatic N) is 1. The fraction of sp³-hybridized carbons (Fsp3) is 0.406. The minimum absolute atomic E-state index is 0.0668. The summed E-state index contributed by atoms with van der Waals surface area (Å²) in [6.07, 6.45) is 12.1. The average Bonchev–Trinajstić information content (AvgIpc) is 2.92. The summed E-state index contributed by atoms with van der Waals surface area (Å²) >= 11 is 0. The van der Waals surface area contributed by atoms with Gasteiger partial charge < -0.3 is 19.5 Å². The van der Waals surface area contributed by atoms with Crippen molar-refractivity contribution in [2.45, 2.75) is 66.9 Å². The molecule has 0 radical (unpaired) electrons. The highest BCUT2D eigenvalue weighted by atomic mass is 31.0. The van der Waals surface area contributed by atoms with Crippen molar-refractivity contribution in [1.29, 1.82) is 0 Å². The molecule has 2 atom stereocenters. The van der Waals surface area contributed by atoms with Crippen LogP contribution in [0.25, 0.3) is 5.31 Å². The van der Waals surface area contributed by atoms with E-state index in [2.05, 4.69) is 52.5 Å². The molecule has 2 unspecified atom stereocenters. The summed E-state index contributed by atoms with van der Waals surface area (Å²) in [6.45, 7) is 12.6. The lowest BCUT2D eigenvalue weighted by Crippen LogP contribution is -2.15. The van der Waals surface area contributed by atoms with Crippen LogP contribution in [-0.2, 0) is 9.47 Å². The maximum atomic E-state index is 13.5. The molecule has 1 heterocycles. The van der Waals surface area contributed by atoms with E-state index >= 15 is 0 Å². The fourth-order valence-corrected chi connectivity index (χ4v) is 4.00. The van der Waals surface area contributed by atoms with Crippen molar-refractivity contribution < 1.29 is 23.0 Å². The molecule has 0 fully saturated rings. The lowest BCUT2D eigenvalue weighted by atomic mass is 10.1. The highest BCUT2D eigenvalue weighted by molar-refractivity contribution is 7.31. The Morgan fingerprint density at radius 2 is 1.70 bits per heavy atom. The Hall–Kier alpha value is -3.02. The van der Waals surface area contributed by atoms with Gasteiger partial charge in [0.05, 0.1) is 6.61 Å². The zero-order chi connectivity index (χ0) is 29.9. The van der Waals surface area contributed by atoms with Crippen LogP contribution in [0.3, 0.4) is 0 Å². The van der Waals surface area contributed by atoms with Crippen LogP contribution in [0.2, 0.25) is 0 Å². The molecule has 1 N–H and O–H groups in total. The number of benzene rings is 1. The molecule has 1 aromatic carbocycles. The van der Waals surface area contributed by atoms with Gasteiger partial charge in [0.15, 0.2) is 0 Å². The third-order valence-corrected chi connectivity index (χ3v) is 5.91. The van der Waals surface area contributed by atoms with E-state index in [4.69, 9.17) is 14.2 Å². The number of aromatic nitrogens is 1. The SMILES string of the molecule is CC.CC\C=C(Nc1ccc(/C(P)=C\CC)cn1)/C(=C/C(=C\COc1cc(F)cc(F)c1)OC(C)COC)CC. The van der Waals surface area contributed by atoms with E-state index in [1.54, 1.807) is 13.2 Å². The largest absolute Gasteiger partial charge is 0.489 e. The van der Waals surface area contributed by atoms with Crippen LogP contribution < -0.4 is 10.1 Å². The molecule has 2 aromatic rings. The van der Waals surface area contributed by atoms with Crippen LogP contribution in [0.4, 0.5) is 14.6 Å². The van der Waals surface area contributed by atoms with Crippen LogP contribution in [-0.4, -0.2) is 31.4 Å². The van der Waals surface area contributed by atoms with Gasteiger partial charge >= 0.3 is 0 Å². The third-order valence-electron chi connectivity index (χ3n) is 5.34. The van der Waals surface area contributed by atoms with Crippen LogP contribution in [0.5, 0.6) is 5.75 Å². The molecule has 8 heteroatoms. The topological polar surface area (TPSA) is 52.6 Å². The van der Waals surface area contributed by atoms with Gasteiger partial charge in [-0.2, -0.15) is 0 Å². The van der Waals surface area contributed by atoms with Crippen molar-refractivity contribution in [1.82, 2.24) is 4.98 Å². The monoisotopic (exact) mass is 574 g/mol. The van der Waals surface area contributed by atoms with Crippen molar-refractivity contribution in [3.05, 3.63) is 95.1 Å². The summed E-state index contributed by atoms with van der Waals surface area (Å²) in [4.78, 5) is 4.59. The van der Waals surface area contributed by atoms with Crippen LogP contribution in [0.1, 0.15) is 66.4 Å². The Labute approximate surface area is 241 Å². The first kappa shape index (κ1) is 35.0. The summed E-state index contributed by atoms with van der Waals surface area (Å²) in [5, 5.41) is 4.56. The number of halogens is 2. The number of pyridine rings is 1. The summed E-state index contributed by atoms with van der Waals surface area (Å²) < 4.78 is 43.9. The van der Waals surface area contributed by atoms with Gasteiger partial charge in [0.1, 0.15) is 41.7 Å². The number of allylic oxidation sites excluding steroid dienone is 4. The van der Waals surface area contributed by atoms with E-state index < -0.39 is 11.6 Å². The van der Waals surface area contributed by atoms with E-state index in [-0.39, 0.29) is 18.5 Å². The maximum absolute atomic E-state index is 13.5. The molecule has 0 aliphatic rings. The van der Waals surface area contributed by atoms with Gasteiger partial charge in [-0.1, -0.05) is 46.8 Å². The standard InChI is InChI=1S/C30H39F2N2O3P.C2H6/c1-6-9-28(34-30-12-11-23(19-33-30)29(38)10-7-2)22(8-3)15-26(37-21(4)20-35-5)13-14-36-27-17-24(31)16-25(32)18-27;1-2/h9-13,15-19,21H,6-8,14,20,38H2,1-5H3,(H,33,34);1-2H3/b22-15+,26-13+,28-9+,29-10+;. The molecule has 0 amide bonds. The molecule has 0 aliphatic heterocycles. The van der Waals surface area contributed by atoms with Gasteiger partial charge in [-0.25, -0.2) is 13.8 Å². The van der Waals surface area contributed by atoms with Crippen molar-refractivity contribution in [2.24, 2.45) is 0 Å². The lowest BCUT2D eigenvalue weighted by molar-refractivity contribution is 0.0524. The minimum Gasteiger partial charge on any atom is -0.489 e. The first-order valence-corrected chi connectivity index (χ1v) is 14.4. The van der Waals surface area contributed by atoms with Crippen LogP contribution in [0, 0.1) is 11.6 Å². The normalized spacial score (nSPS) is 13.3. The summed E-state index contributed by atoms with van der Waals surface area (Å²) in [7, 11) is 4.36. The molecule has 0 bridgehead atoms. The van der Waals surface area contributed by atoms with Crippen LogP contribution in [0.15, 0.2) is 77.9 Å². The molecule has 2 rings (SSSR count). The van der Waals surface area contributed by atoms with Crippen molar-refractivity contribution in [3.63, 3.8) is 0 Å². The number of methoxy groups -OCH3 is 1. The van der Waals surface area contributed by atoms with Crippen molar-refractivity contribution >= 4 is 20.4 Å².